The molecule has 1 N–H and O–H groups in total. The zero-order chi connectivity index (χ0) is 12.3. The summed E-state index contributed by atoms with van der Waals surface area (Å²) in [5.74, 6) is 0. The van der Waals surface area contributed by atoms with E-state index in [9.17, 15) is 0 Å². The van der Waals surface area contributed by atoms with E-state index in [0.29, 0.717) is 0 Å². The summed E-state index contributed by atoms with van der Waals surface area (Å²) in [4.78, 5) is 5.84. The molecule has 0 aliphatic heterocycles. The minimum atomic E-state index is 0.750. The van der Waals surface area contributed by atoms with Crippen LogP contribution in [0.5, 0.6) is 0 Å². The summed E-state index contributed by atoms with van der Waals surface area (Å²) < 4.78 is 0. The van der Waals surface area contributed by atoms with Crippen molar-refractivity contribution in [2.45, 2.75) is 13.8 Å². The molecule has 1 heterocycles. The van der Waals surface area contributed by atoms with E-state index in [2.05, 4.69) is 55.0 Å². The van der Waals surface area contributed by atoms with E-state index in [1.165, 1.54) is 16.0 Å². The Bertz CT molecular complexity index is 512. The van der Waals surface area contributed by atoms with Crippen LogP contribution in [0, 0.1) is 13.8 Å². The van der Waals surface area contributed by atoms with Gasteiger partial charge in [-0.25, -0.2) is 4.98 Å². The van der Waals surface area contributed by atoms with E-state index < -0.39 is 0 Å². The third kappa shape index (κ3) is 2.74. The maximum absolute atomic E-state index is 4.61. The fourth-order valence-corrected chi connectivity index (χ4v) is 2.45. The van der Waals surface area contributed by atoms with Gasteiger partial charge in [-0.3, -0.25) is 0 Å². The number of hydrogen-bond donors (Lipinski definition) is 1. The molecule has 0 aliphatic rings. The molecule has 88 valence electrons. The SMILES string of the molecule is C=CCNc1nc(-c2ccc(C)cc2)c(C)s1. The van der Waals surface area contributed by atoms with Gasteiger partial charge in [0.15, 0.2) is 5.13 Å². The van der Waals surface area contributed by atoms with Crippen molar-refractivity contribution >= 4 is 16.5 Å². The van der Waals surface area contributed by atoms with Crippen molar-refractivity contribution in [1.82, 2.24) is 4.98 Å². The molecular weight excluding hydrogens is 228 g/mol. The van der Waals surface area contributed by atoms with Gasteiger partial charge in [0.05, 0.1) is 5.69 Å². The van der Waals surface area contributed by atoms with Gasteiger partial charge >= 0.3 is 0 Å². The van der Waals surface area contributed by atoms with Crippen LogP contribution in [0.25, 0.3) is 11.3 Å². The summed E-state index contributed by atoms with van der Waals surface area (Å²) in [6, 6.07) is 8.47. The average Bonchev–Trinajstić information content (AvgIpc) is 2.69. The highest BCUT2D eigenvalue weighted by Gasteiger charge is 2.08. The lowest BCUT2D eigenvalue weighted by atomic mass is 10.1. The van der Waals surface area contributed by atoms with Crippen molar-refractivity contribution < 1.29 is 0 Å². The summed E-state index contributed by atoms with van der Waals surface area (Å²) in [6.07, 6.45) is 1.84. The highest BCUT2D eigenvalue weighted by molar-refractivity contribution is 7.16. The van der Waals surface area contributed by atoms with Crippen LogP contribution in [-0.2, 0) is 0 Å². The van der Waals surface area contributed by atoms with E-state index in [4.69, 9.17) is 0 Å². The molecule has 0 bridgehead atoms. The molecule has 0 saturated heterocycles. The third-order valence-electron chi connectivity index (χ3n) is 2.52. The number of hydrogen-bond acceptors (Lipinski definition) is 3. The zero-order valence-electron chi connectivity index (χ0n) is 10.2. The molecule has 0 radical (unpaired) electrons. The first-order valence-electron chi connectivity index (χ1n) is 5.60. The summed E-state index contributed by atoms with van der Waals surface area (Å²) in [5.41, 5.74) is 3.52. The fourth-order valence-electron chi connectivity index (χ4n) is 1.61. The highest BCUT2D eigenvalue weighted by Crippen LogP contribution is 2.30. The fraction of sp³-hybridized carbons (Fsp3) is 0.214. The van der Waals surface area contributed by atoms with Crippen molar-refractivity contribution in [3.8, 4) is 11.3 Å². The van der Waals surface area contributed by atoms with Gasteiger partial charge in [-0.1, -0.05) is 35.9 Å². The first-order chi connectivity index (χ1) is 8.20. The Hall–Kier alpha value is -1.61. The first kappa shape index (κ1) is 11.9. The molecule has 2 aromatic rings. The van der Waals surface area contributed by atoms with Crippen molar-refractivity contribution in [1.29, 1.82) is 0 Å². The minimum Gasteiger partial charge on any atom is -0.358 e. The number of thiazole rings is 1. The van der Waals surface area contributed by atoms with Crippen molar-refractivity contribution in [3.05, 3.63) is 47.4 Å². The predicted octanol–water partition coefficient (Wildman–Crippen LogP) is 4.02. The van der Waals surface area contributed by atoms with Crippen LogP contribution in [0.3, 0.4) is 0 Å². The Morgan fingerprint density at radius 3 is 2.65 bits per heavy atom. The molecule has 1 aromatic heterocycles. The summed E-state index contributed by atoms with van der Waals surface area (Å²) >= 11 is 1.68. The second kappa shape index (κ2) is 5.15. The molecule has 0 aliphatic carbocycles. The van der Waals surface area contributed by atoms with Crippen molar-refractivity contribution in [2.24, 2.45) is 0 Å². The number of benzene rings is 1. The number of aromatic nitrogens is 1. The molecule has 0 unspecified atom stereocenters. The molecule has 3 heteroatoms. The molecule has 1 aromatic carbocycles. The maximum Gasteiger partial charge on any atom is 0.183 e. The molecule has 0 atom stereocenters. The smallest absolute Gasteiger partial charge is 0.183 e. The number of rotatable bonds is 4. The van der Waals surface area contributed by atoms with Gasteiger partial charge in [-0.15, -0.1) is 17.9 Å². The Morgan fingerprint density at radius 1 is 1.29 bits per heavy atom. The standard InChI is InChI=1S/C14H16N2S/c1-4-9-15-14-16-13(11(3)17-14)12-7-5-10(2)6-8-12/h4-8H,1,9H2,2-3H3,(H,15,16). The third-order valence-corrected chi connectivity index (χ3v) is 3.45. The monoisotopic (exact) mass is 244 g/mol. The highest BCUT2D eigenvalue weighted by atomic mass is 32.1. The second-order valence-electron chi connectivity index (χ2n) is 3.96. The van der Waals surface area contributed by atoms with Crippen LogP contribution < -0.4 is 5.32 Å². The molecule has 0 fully saturated rings. The predicted molar refractivity (Wildman–Crippen MR) is 75.7 cm³/mol. The molecule has 0 amide bonds. The van der Waals surface area contributed by atoms with Gasteiger partial charge in [-0.05, 0) is 13.8 Å². The lowest BCUT2D eigenvalue weighted by Gasteiger charge is -1.99. The van der Waals surface area contributed by atoms with Crippen LogP contribution in [-0.4, -0.2) is 11.5 Å². The van der Waals surface area contributed by atoms with Gasteiger partial charge in [-0.2, -0.15) is 0 Å². The minimum absolute atomic E-state index is 0.750. The number of anilines is 1. The zero-order valence-corrected chi connectivity index (χ0v) is 11.0. The van der Waals surface area contributed by atoms with E-state index in [0.717, 1.165) is 17.4 Å². The molecular formula is C14H16N2S. The van der Waals surface area contributed by atoms with E-state index >= 15 is 0 Å². The average molecular weight is 244 g/mol. The summed E-state index contributed by atoms with van der Waals surface area (Å²) in [6.45, 7) is 8.63. The van der Waals surface area contributed by atoms with Crippen molar-refractivity contribution in [3.63, 3.8) is 0 Å². The van der Waals surface area contributed by atoms with Gasteiger partial charge in [0.25, 0.3) is 0 Å². The molecule has 0 saturated carbocycles. The normalized spacial score (nSPS) is 10.2. The maximum atomic E-state index is 4.61. The van der Waals surface area contributed by atoms with E-state index in [1.807, 2.05) is 6.08 Å². The molecule has 2 nitrogen and oxygen atoms in total. The Morgan fingerprint density at radius 2 is 2.00 bits per heavy atom. The van der Waals surface area contributed by atoms with Crippen LogP contribution in [0.1, 0.15) is 10.4 Å². The lowest BCUT2D eigenvalue weighted by Crippen LogP contribution is -1.96. The van der Waals surface area contributed by atoms with E-state index in [1.54, 1.807) is 11.3 Å². The number of nitrogens with zero attached hydrogens (tertiary/aromatic N) is 1. The van der Waals surface area contributed by atoms with Crippen LogP contribution in [0.2, 0.25) is 0 Å². The molecule has 0 spiro atoms. The number of nitrogens with one attached hydrogen (secondary N) is 1. The van der Waals surface area contributed by atoms with Gasteiger partial charge in [0.2, 0.25) is 0 Å². The Balaban J connectivity index is 2.29. The first-order valence-corrected chi connectivity index (χ1v) is 6.41. The number of aryl methyl sites for hydroxylation is 2. The topological polar surface area (TPSA) is 24.9 Å². The van der Waals surface area contributed by atoms with Gasteiger partial charge in [0.1, 0.15) is 0 Å². The second-order valence-corrected chi connectivity index (χ2v) is 5.16. The van der Waals surface area contributed by atoms with Crippen LogP contribution in [0.15, 0.2) is 36.9 Å². The molecule has 17 heavy (non-hydrogen) atoms. The van der Waals surface area contributed by atoms with Crippen LogP contribution in [0.4, 0.5) is 5.13 Å². The van der Waals surface area contributed by atoms with Gasteiger partial charge in [0, 0.05) is 17.0 Å². The summed E-state index contributed by atoms with van der Waals surface area (Å²) in [5, 5.41) is 4.18. The quantitative estimate of drug-likeness (QED) is 0.821. The Kier molecular flexibility index (Phi) is 3.59. The molecule has 2 rings (SSSR count). The van der Waals surface area contributed by atoms with Crippen LogP contribution >= 0.6 is 11.3 Å². The largest absolute Gasteiger partial charge is 0.358 e. The lowest BCUT2D eigenvalue weighted by molar-refractivity contribution is 1.28. The summed E-state index contributed by atoms with van der Waals surface area (Å²) in [7, 11) is 0. The van der Waals surface area contributed by atoms with E-state index in [-0.39, 0.29) is 0 Å². The Labute approximate surface area is 106 Å². The van der Waals surface area contributed by atoms with Gasteiger partial charge < -0.3 is 5.32 Å². The van der Waals surface area contributed by atoms with Crippen molar-refractivity contribution in [2.75, 3.05) is 11.9 Å².